The lowest BCUT2D eigenvalue weighted by Crippen LogP contribution is -2.33. The van der Waals surface area contributed by atoms with E-state index in [4.69, 9.17) is 30.5 Å². The fourth-order valence-corrected chi connectivity index (χ4v) is 7.13. The van der Waals surface area contributed by atoms with Crippen LogP contribution in [0.3, 0.4) is 0 Å². The average Bonchev–Trinajstić information content (AvgIpc) is 3.28. The number of benzene rings is 2. The fraction of sp³-hybridized carbons (Fsp3) is 0.406. The number of likely N-dealkylation sites (tertiary alicyclic amines) is 1. The minimum Gasteiger partial charge on any atom is -0.465 e. The highest BCUT2D eigenvalue weighted by atomic mass is 35.5. The van der Waals surface area contributed by atoms with Crippen molar-refractivity contribution in [2.24, 2.45) is 11.8 Å². The zero-order valence-corrected chi connectivity index (χ0v) is 24.8. The van der Waals surface area contributed by atoms with Gasteiger partial charge in [-0.25, -0.2) is 18.6 Å². The lowest BCUT2D eigenvalue weighted by Gasteiger charge is -2.28. The van der Waals surface area contributed by atoms with Crippen LogP contribution in [-0.2, 0) is 28.4 Å². The first-order valence-corrected chi connectivity index (χ1v) is 15.0. The van der Waals surface area contributed by atoms with Gasteiger partial charge in [0.05, 0.1) is 42.4 Å². The van der Waals surface area contributed by atoms with Gasteiger partial charge in [0.2, 0.25) is 0 Å². The summed E-state index contributed by atoms with van der Waals surface area (Å²) in [5, 5.41) is 0.498. The van der Waals surface area contributed by atoms with E-state index >= 15 is 8.78 Å². The Hall–Kier alpha value is -3.80. The number of piperidine rings is 1. The Morgan fingerprint density at radius 3 is 2.61 bits per heavy atom. The molecule has 2 aromatic carbocycles. The monoisotopic (exact) mass is 622 g/mol. The molecular weight excluding hydrogens is 594 g/mol. The van der Waals surface area contributed by atoms with Gasteiger partial charge in [-0.3, -0.25) is 9.88 Å². The molecule has 0 radical (unpaired) electrons. The van der Waals surface area contributed by atoms with Crippen LogP contribution in [0.1, 0.15) is 46.7 Å². The number of aromatic nitrogens is 3. The van der Waals surface area contributed by atoms with Gasteiger partial charge >= 0.3 is 5.97 Å². The molecule has 5 heterocycles. The molecule has 0 amide bonds. The number of esters is 1. The second-order valence-electron chi connectivity index (χ2n) is 12.1. The van der Waals surface area contributed by atoms with Crippen molar-refractivity contribution < 1.29 is 32.5 Å². The summed E-state index contributed by atoms with van der Waals surface area (Å²) in [7, 11) is 1.27. The van der Waals surface area contributed by atoms with Gasteiger partial charge in [-0.1, -0.05) is 11.6 Å². The van der Waals surface area contributed by atoms with Gasteiger partial charge in [-0.15, -0.1) is 0 Å². The Labute approximate surface area is 256 Å². The van der Waals surface area contributed by atoms with E-state index in [1.165, 1.54) is 19.4 Å². The number of halogens is 3. The number of imidazole rings is 1. The Morgan fingerprint density at radius 2 is 1.93 bits per heavy atom. The highest BCUT2D eigenvalue weighted by Crippen LogP contribution is 2.63. The third-order valence-electron chi connectivity index (χ3n) is 9.36. The summed E-state index contributed by atoms with van der Waals surface area (Å²) in [5.74, 6) is -0.620. The zero-order chi connectivity index (χ0) is 30.3. The summed E-state index contributed by atoms with van der Waals surface area (Å²) in [6.45, 7) is 4.92. The standard InChI is InChI=1S/C32H29ClF2N4O5/c1-32(25-6-3-17(33)11-36-25)43-24-5-4-21(34)28(30(24)44-32)27-19-13-38(14-20(19)27)15-26-37-29-22(35)9-16(31(40)41-2)10-23(29)39(26)12-18-7-8-42-18/h3-6,9-11,18-20,27H,7-8,12-15H2,1-2H3/t18-,19-,20+,27?,32?/m0/s1. The van der Waals surface area contributed by atoms with Gasteiger partial charge < -0.3 is 23.5 Å². The molecule has 5 atom stereocenters. The number of carbonyl (C=O) groups excluding carboxylic acids is 1. The molecule has 9 nitrogen and oxygen atoms in total. The van der Waals surface area contributed by atoms with Crippen molar-refractivity contribution in [1.29, 1.82) is 0 Å². The molecule has 1 saturated carbocycles. The Kier molecular flexibility index (Phi) is 6.37. The van der Waals surface area contributed by atoms with Crippen molar-refractivity contribution in [2.45, 2.75) is 44.2 Å². The minimum absolute atomic E-state index is 0.00600. The maximum Gasteiger partial charge on any atom is 0.338 e. The zero-order valence-electron chi connectivity index (χ0n) is 24.1. The van der Waals surface area contributed by atoms with Crippen LogP contribution in [0.25, 0.3) is 11.0 Å². The third kappa shape index (κ3) is 4.43. The quantitative estimate of drug-likeness (QED) is 0.252. The van der Waals surface area contributed by atoms with Gasteiger partial charge in [0.25, 0.3) is 5.79 Å². The molecule has 4 aliphatic rings. The Morgan fingerprint density at radius 1 is 1.14 bits per heavy atom. The van der Waals surface area contributed by atoms with E-state index in [0.717, 1.165) is 25.6 Å². The van der Waals surface area contributed by atoms with E-state index in [9.17, 15) is 4.79 Å². The maximum atomic E-state index is 15.4. The molecule has 228 valence electrons. The summed E-state index contributed by atoms with van der Waals surface area (Å²) in [6, 6.07) is 9.28. The molecule has 12 heteroatoms. The first-order chi connectivity index (χ1) is 21.2. The second-order valence-corrected chi connectivity index (χ2v) is 12.5. The molecule has 4 aromatic rings. The summed E-state index contributed by atoms with van der Waals surface area (Å²) in [6.07, 6.45) is 2.44. The lowest BCUT2D eigenvalue weighted by atomic mass is 10.0. The van der Waals surface area contributed by atoms with E-state index in [-0.39, 0.29) is 40.8 Å². The topological polar surface area (TPSA) is 87.9 Å². The van der Waals surface area contributed by atoms with E-state index in [2.05, 4.69) is 14.9 Å². The highest BCUT2D eigenvalue weighted by molar-refractivity contribution is 6.30. The van der Waals surface area contributed by atoms with Crippen LogP contribution in [0.5, 0.6) is 11.5 Å². The number of hydrogen-bond acceptors (Lipinski definition) is 8. The molecule has 44 heavy (non-hydrogen) atoms. The lowest BCUT2D eigenvalue weighted by molar-refractivity contribution is -0.0721. The predicted octanol–water partition coefficient (Wildman–Crippen LogP) is 5.43. The number of carbonyl (C=O) groups is 1. The van der Waals surface area contributed by atoms with Gasteiger partial charge in [0.1, 0.15) is 22.9 Å². The maximum absolute atomic E-state index is 15.4. The van der Waals surface area contributed by atoms with Crippen molar-refractivity contribution in [1.82, 2.24) is 19.4 Å². The predicted molar refractivity (Wildman–Crippen MR) is 155 cm³/mol. The van der Waals surface area contributed by atoms with Crippen LogP contribution in [0, 0.1) is 23.5 Å². The van der Waals surface area contributed by atoms with Gasteiger partial charge in [0.15, 0.2) is 17.3 Å². The summed E-state index contributed by atoms with van der Waals surface area (Å²) < 4.78 is 55.4. The van der Waals surface area contributed by atoms with Crippen LogP contribution in [0.2, 0.25) is 5.02 Å². The van der Waals surface area contributed by atoms with E-state index in [1.54, 1.807) is 31.2 Å². The number of methoxy groups -OCH3 is 1. The van der Waals surface area contributed by atoms with Gasteiger partial charge in [0, 0.05) is 38.4 Å². The van der Waals surface area contributed by atoms with Crippen molar-refractivity contribution >= 4 is 28.6 Å². The number of nitrogens with zero attached hydrogens (tertiary/aromatic N) is 4. The SMILES string of the molecule is COC(=O)c1cc(F)c2nc(CN3C[C@@H]4C(c5c(F)ccc6c5OC(C)(c5ccc(Cl)cn5)O6)[C@@H]4C3)n(C[C@@H]3CCO3)c2c1. The normalized spacial score (nSPS) is 26.9. The van der Waals surface area contributed by atoms with Crippen LogP contribution >= 0.6 is 11.6 Å². The number of rotatable bonds is 7. The van der Waals surface area contributed by atoms with E-state index < -0.39 is 17.6 Å². The first kappa shape index (κ1) is 27.7. The molecule has 3 fully saturated rings. The number of hydrogen-bond donors (Lipinski definition) is 0. The van der Waals surface area contributed by atoms with Crippen LogP contribution < -0.4 is 9.47 Å². The molecule has 2 saturated heterocycles. The molecule has 0 bridgehead atoms. The number of fused-ring (bicyclic) bond motifs is 3. The van der Waals surface area contributed by atoms with Crippen molar-refractivity contribution in [3.63, 3.8) is 0 Å². The summed E-state index contributed by atoms with van der Waals surface area (Å²) in [5.41, 5.74) is 1.97. The summed E-state index contributed by atoms with van der Waals surface area (Å²) in [4.78, 5) is 23.5. The largest absolute Gasteiger partial charge is 0.465 e. The highest BCUT2D eigenvalue weighted by Gasteiger charge is 2.59. The molecule has 0 spiro atoms. The van der Waals surface area contributed by atoms with Crippen LogP contribution in [-0.4, -0.2) is 58.3 Å². The molecule has 0 N–H and O–H groups in total. The molecule has 3 aliphatic heterocycles. The summed E-state index contributed by atoms with van der Waals surface area (Å²) >= 11 is 6.01. The molecule has 1 aliphatic carbocycles. The first-order valence-electron chi connectivity index (χ1n) is 14.7. The Bertz CT molecular complexity index is 1800. The van der Waals surface area contributed by atoms with Crippen LogP contribution in [0.4, 0.5) is 8.78 Å². The third-order valence-corrected chi connectivity index (χ3v) is 9.58. The Balaban J connectivity index is 1.03. The molecular formula is C32H29ClF2N4O5. The van der Waals surface area contributed by atoms with Gasteiger partial charge in [-0.05, 0) is 60.6 Å². The van der Waals surface area contributed by atoms with Crippen molar-refractivity contribution in [3.05, 3.63) is 81.9 Å². The fourth-order valence-electron chi connectivity index (χ4n) is 7.02. The molecule has 2 unspecified atom stereocenters. The van der Waals surface area contributed by atoms with Crippen molar-refractivity contribution in [3.8, 4) is 11.5 Å². The molecule has 2 aromatic heterocycles. The minimum atomic E-state index is -1.20. The van der Waals surface area contributed by atoms with Gasteiger partial charge in [-0.2, -0.15) is 0 Å². The average molecular weight is 623 g/mol. The molecule has 8 rings (SSSR count). The smallest absolute Gasteiger partial charge is 0.338 e. The second kappa shape index (κ2) is 10.1. The van der Waals surface area contributed by atoms with E-state index in [1.807, 2.05) is 4.57 Å². The van der Waals surface area contributed by atoms with E-state index in [0.29, 0.717) is 58.8 Å². The number of pyridine rings is 1. The van der Waals surface area contributed by atoms with Crippen LogP contribution in [0.15, 0.2) is 42.6 Å². The van der Waals surface area contributed by atoms with Crippen molar-refractivity contribution in [2.75, 3.05) is 26.8 Å². The number of ether oxygens (including phenoxy) is 4.